The van der Waals surface area contributed by atoms with Gasteiger partial charge in [0.2, 0.25) is 10.0 Å². The van der Waals surface area contributed by atoms with Crippen molar-refractivity contribution in [1.29, 1.82) is 0 Å². The lowest BCUT2D eigenvalue weighted by Crippen LogP contribution is -2.39. The van der Waals surface area contributed by atoms with Gasteiger partial charge in [-0.1, -0.05) is 0 Å². The van der Waals surface area contributed by atoms with Crippen molar-refractivity contribution in [2.45, 2.75) is 17.7 Å². The normalized spacial score (nSPS) is 16.4. The molecule has 0 N–H and O–H groups in total. The molecule has 0 atom stereocenters. The topological polar surface area (TPSA) is 81.6 Å². The number of piperidine rings is 1. The summed E-state index contributed by atoms with van der Waals surface area (Å²) in [5, 5.41) is 0. The Balaban J connectivity index is 1.54. The van der Waals surface area contributed by atoms with E-state index in [9.17, 15) is 8.42 Å². The van der Waals surface area contributed by atoms with Gasteiger partial charge in [0.05, 0.1) is 23.1 Å². The van der Waals surface area contributed by atoms with Crippen molar-refractivity contribution >= 4 is 26.0 Å². The molecule has 0 spiro atoms. The van der Waals surface area contributed by atoms with Gasteiger partial charge in [0.1, 0.15) is 5.75 Å². The third kappa shape index (κ3) is 4.52. The Hall–Kier alpha value is -1.71. The molecular weight excluding hydrogens is 422 g/mol. The Morgan fingerprint density at radius 3 is 2.35 bits per heavy atom. The Morgan fingerprint density at radius 2 is 1.77 bits per heavy atom. The second-order valence-electron chi connectivity index (χ2n) is 6.02. The first-order valence-electron chi connectivity index (χ1n) is 8.23. The van der Waals surface area contributed by atoms with Crippen LogP contribution in [0.25, 0.3) is 0 Å². The SMILES string of the molecule is COc1ccc(S(=O)(=O)N2CCC(COc3ncc(Br)cn3)CC2)cc1. The maximum absolute atomic E-state index is 12.7. The first kappa shape index (κ1) is 19.1. The van der Waals surface area contributed by atoms with Crippen LogP contribution in [-0.2, 0) is 10.0 Å². The first-order valence-corrected chi connectivity index (χ1v) is 10.5. The number of methoxy groups -OCH3 is 1. The molecule has 0 bridgehead atoms. The van der Waals surface area contributed by atoms with Crippen LogP contribution in [-0.4, -0.2) is 49.5 Å². The molecule has 0 unspecified atom stereocenters. The van der Waals surface area contributed by atoms with Crippen molar-refractivity contribution in [2.75, 3.05) is 26.8 Å². The zero-order valence-electron chi connectivity index (χ0n) is 14.3. The van der Waals surface area contributed by atoms with Gasteiger partial charge in [-0.3, -0.25) is 0 Å². The predicted octanol–water partition coefficient (Wildman–Crippen LogP) is 2.73. The van der Waals surface area contributed by atoms with Crippen molar-refractivity contribution in [3.63, 3.8) is 0 Å². The molecule has 1 aromatic heterocycles. The van der Waals surface area contributed by atoms with Gasteiger partial charge < -0.3 is 9.47 Å². The number of nitrogens with zero attached hydrogens (tertiary/aromatic N) is 3. The van der Waals surface area contributed by atoms with Crippen LogP contribution in [0.4, 0.5) is 0 Å². The summed E-state index contributed by atoms with van der Waals surface area (Å²) >= 11 is 3.28. The van der Waals surface area contributed by atoms with Crippen molar-refractivity contribution in [1.82, 2.24) is 14.3 Å². The van der Waals surface area contributed by atoms with Crippen molar-refractivity contribution in [3.05, 3.63) is 41.1 Å². The molecule has 2 heterocycles. The highest BCUT2D eigenvalue weighted by atomic mass is 79.9. The predicted molar refractivity (Wildman–Crippen MR) is 99.7 cm³/mol. The van der Waals surface area contributed by atoms with Crippen LogP contribution in [0.1, 0.15) is 12.8 Å². The van der Waals surface area contributed by atoms with Crippen LogP contribution >= 0.6 is 15.9 Å². The summed E-state index contributed by atoms with van der Waals surface area (Å²) in [7, 11) is -1.92. The second-order valence-corrected chi connectivity index (χ2v) is 8.87. The maximum Gasteiger partial charge on any atom is 0.316 e. The molecule has 0 radical (unpaired) electrons. The number of ether oxygens (including phenoxy) is 2. The summed E-state index contributed by atoms with van der Waals surface area (Å²) in [6.45, 7) is 1.44. The molecule has 0 aliphatic carbocycles. The van der Waals surface area contributed by atoms with Crippen molar-refractivity contribution < 1.29 is 17.9 Å². The molecule has 7 nitrogen and oxygen atoms in total. The highest BCUT2D eigenvalue weighted by Crippen LogP contribution is 2.25. The zero-order chi connectivity index (χ0) is 18.6. The van der Waals surface area contributed by atoms with Crippen LogP contribution in [0.15, 0.2) is 46.0 Å². The second kappa shape index (κ2) is 8.32. The van der Waals surface area contributed by atoms with Gasteiger partial charge in [0.25, 0.3) is 0 Å². The van der Waals surface area contributed by atoms with E-state index >= 15 is 0 Å². The Bertz CT molecular complexity index is 820. The van der Waals surface area contributed by atoms with Crippen LogP contribution in [0.3, 0.4) is 0 Å². The van der Waals surface area contributed by atoms with Gasteiger partial charge >= 0.3 is 6.01 Å². The van der Waals surface area contributed by atoms with Gasteiger partial charge in [-0.05, 0) is 59.0 Å². The van der Waals surface area contributed by atoms with E-state index in [4.69, 9.17) is 9.47 Å². The van der Waals surface area contributed by atoms with E-state index in [1.165, 1.54) is 4.31 Å². The standard InChI is InChI=1S/C17H20BrN3O4S/c1-24-15-2-4-16(5-3-15)26(22,23)21-8-6-13(7-9-21)12-25-17-19-10-14(18)11-20-17/h2-5,10-11,13H,6-9,12H2,1H3. The summed E-state index contributed by atoms with van der Waals surface area (Å²) < 4.78 is 38.5. The molecule has 0 saturated carbocycles. The van der Waals surface area contributed by atoms with E-state index in [1.54, 1.807) is 43.8 Å². The van der Waals surface area contributed by atoms with Gasteiger partial charge in [0, 0.05) is 25.5 Å². The molecule has 9 heteroatoms. The number of rotatable bonds is 6. The fourth-order valence-corrected chi connectivity index (χ4v) is 4.45. The minimum absolute atomic E-state index is 0.282. The molecule has 1 saturated heterocycles. The first-order chi connectivity index (χ1) is 12.5. The smallest absolute Gasteiger partial charge is 0.316 e. The van der Waals surface area contributed by atoms with Crippen molar-refractivity contribution in [3.8, 4) is 11.8 Å². The van der Waals surface area contributed by atoms with Crippen molar-refractivity contribution in [2.24, 2.45) is 5.92 Å². The van der Waals surface area contributed by atoms with E-state index in [0.29, 0.717) is 31.5 Å². The zero-order valence-corrected chi connectivity index (χ0v) is 16.7. The minimum atomic E-state index is -3.48. The summed E-state index contributed by atoms with van der Waals surface area (Å²) in [6.07, 6.45) is 4.75. The van der Waals surface area contributed by atoms with E-state index in [2.05, 4.69) is 25.9 Å². The third-order valence-corrected chi connectivity index (χ3v) is 6.64. The quantitative estimate of drug-likeness (QED) is 0.685. The summed E-state index contributed by atoms with van der Waals surface area (Å²) in [5.41, 5.74) is 0. The molecule has 2 aromatic rings. The summed E-state index contributed by atoms with van der Waals surface area (Å²) in [5.74, 6) is 0.916. The van der Waals surface area contributed by atoms with Crippen LogP contribution in [0.2, 0.25) is 0 Å². The Morgan fingerprint density at radius 1 is 1.15 bits per heavy atom. The Labute approximate surface area is 161 Å². The number of hydrogen-bond donors (Lipinski definition) is 0. The fourth-order valence-electron chi connectivity index (χ4n) is 2.78. The molecule has 1 aliphatic heterocycles. The highest BCUT2D eigenvalue weighted by Gasteiger charge is 2.29. The van der Waals surface area contributed by atoms with E-state index in [1.807, 2.05) is 0 Å². The fraction of sp³-hybridized carbons (Fsp3) is 0.412. The number of hydrogen-bond acceptors (Lipinski definition) is 6. The minimum Gasteiger partial charge on any atom is -0.497 e. The molecule has 1 aliphatic rings. The summed E-state index contributed by atoms with van der Waals surface area (Å²) in [4.78, 5) is 8.44. The average molecular weight is 442 g/mol. The largest absolute Gasteiger partial charge is 0.497 e. The maximum atomic E-state index is 12.7. The van der Waals surface area contributed by atoms with E-state index < -0.39 is 10.0 Å². The molecule has 26 heavy (non-hydrogen) atoms. The van der Waals surface area contributed by atoms with Crippen LogP contribution < -0.4 is 9.47 Å². The molecule has 0 amide bonds. The molecule has 140 valence electrons. The number of halogens is 1. The highest BCUT2D eigenvalue weighted by molar-refractivity contribution is 9.10. The van der Waals surface area contributed by atoms with Crippen LogP contribution in [0, 0.1) is 5.92 Å². The van der Waals surface area contributed by atoms with Gasteiger partial charge in [-0.25, -0.2) is 18.4 Å². The third-order valence-electron chi connectivity index (χ3n) is 4.32. The van der Waals surface area contributed by atoms with E-state index in [-0.39, 0.29) is 10.8 Å². The lowest BCUT2D eigenvalue weighted by atomic mass is 9.99. The average Bonchev–Trinajstić information content (AvgIpc) is 2.68. The molecular formula is C17H20BrN3O4S. The molecule has 1 fully saturated rings. The monoisotopic (exact) mass is 441 g/mol. The summed E-state index contributed by atoms with van der Waals surface area (Å²) in [6, 6.07) is 6.81. The van der Waals surface area contributed by atoms with Gasteiger partial charge in [0.15, 0.2) is 0 Å². The number of sulfonamides is 1. The lowest BCUT2D eigenvalue weighted by Gasteiger charge is -2.30. The van der Waals surface area contributed by atoms with Crippen LogP contribution in [0.5, 0.6) is 11.8 Å². The Kier molecular flexibility index (Phi) is 6.10. The molecule has 3 rings (SSSR count). The van der Waals surface area contributed by atoms with Gasteiger partial charge in [-0.2, -0.15) is 4.31 Å². The van der Waals surface area contributed by atoms with E-state index in [0.717, 1.165) is 17.3 Å². The number of aromatic nitrogens is 2. The van der Waals surface area contributed by atoms with Gasteiger partial charge in [-0.15, -0.1) is 0 Å². The number of benzene rings is 1. The lowest BCUT2D eigenvalue weighted by molar-refractivity contribution is 0.176. The molecule has 1 aromatic carbocycles.